The van der Waals surface area contributed by atoms with Gasteiger partial charge < -0.3 is 20.4 Å². The molecule has 0 radical (unpaired) electrons. The monoisotopic (exact) mass is 540 g/mol. The fourth-order valence-corrected chi connectivity index (χ4v) is 6.80. The standard InChI is InChI=1S/C29H37FN4O3S/c30-23-8-9-26-21(16-23)10-12-33(26)13-11-31-29(37)25(15-20-5-2-1-3-6-20)32-28(36)22-17-27(35)34(18-22)19-24-7-4-14-38-24/h4,7-9,14,16,20,22,25H,1-3,5-6,10-13,15,17-19H2,(H,31,37)(H,32,36)/t22?,25-/m0/s1. The Labute approximate surface area is 227 Å². The maximum Gasteiger partial charge on any atom is 0.242 e. The highest BCUT2D eigenvalue weighted by atomic mass is 32.1. The molecule has 9 heteroatoms. The molecule has 38 heavy (non-hydrogen) atoms. The van der Waals surface area contributed by atoms with Crippen molar-refractivity contribution in [2.24, 2.45) is 11.8 Å². The average Bonchev–Trinajstić information content (AvgIpc) is 3.65. The third-order valence-corrected chi connectivity index (χ3v) is 9.01. The molecule has 0 spiro atoms. The van der Waals surface area contributed by atoms with Gasteiger partial charge in [-0.25, -0.2) is 4.39 Å². The van der Waals surface area contributed by atoms with Crippen LogP contribution in [-0.2, 0) is 27.3 Å². The van der Waals surface area contributed by atoms with Crippen molar-refractivity contribution in [2.75, 3.05) is 31.1 Å². The summed E-state index contributed by atoms with van der Waals surface area (Å²) in [5, 5.41) is 8.05. The molecule has 2 N–H and O–H groups in total. The summed E-state index contributed by atoms with van der Waals surface area (Å²) in [6, 6.07) is 8.21. The van der Waals surface area contributed by atoms with Gasteiger partial charge in [-0.1, -0.05) is 38.2 Å². The Balaban J connectivity index is 1.16. The zero-order valence-electron chi connectivity index (χ0n) is 21.8. The number of nitrogens with zero attached hydrogens (tertiary/aromatic N) is 2. The van der Waals surface area contributed by atoms with E-state index in [4.69, 9.17) is 0 Å². The summed E-state index contributed by atoms with van der Waals surface area (Å²) in [5.74, 6) is -0.636. The maximum atomic E-state index is 13.5. The molecule has 2 aromatic rings. The van der Waals surface area contributed by atoms with E-state index in [0.717, 1.165) is 54.8 Å². The number of fused-ring (bicyclic) bond motifs is 1. The second-order valence-corrected chi connectivity index (χ2v) is 11.9. The molecule has 2 aliphatic heterocycles. The number of hydrogen-bond acceptors (Lipinski definition) is 5. The fourth-order valence-electron chi connectivity index (χ4n) is 6.08. The van der Waals surface area contributed by atoms with E-state index in [9.17, 15) is 18.8 Å². The molecule has 1 unspecified atom stereocenters. The lowest BCUT2D eigenvalue weighted by Crippen LogP contribution is -2.50. The molecule has 5 rings (SSSR count). The SMILES string of the molecule is O=C(N[C@@H](CC1CCCCC1)C(=O)NCCN1CCc2cc(F)ccc21)C1CC(=O)N(Cc2cccs2)C1. The van der Waals surface area contributed by atoms with Crippen molar-refractivity contribution in [3.05, 3.63) is 52.0 Å². The Bertz CT molecular complexity index is 1130. The van der Waals surface area contributed by atoms with Crippen LogP contribution in [0.2, 0.25) is 0 Å². The minimum atomic E-state index is -0.605. The molecular formula is C29H37FN4O3S. The van der Waals surface area contributed by atoms with Crippen molar-refractivity contribution >= 4 is 34.7 Å². The topological polar surface area (TPSA) is 81.8 Å². The van der Waals surface area contributed by atoms with Crippen molar-refractivity contribution in [3.8, 4) is 0 Å². The van der Waals surface area contributed by atoms with Crippen LogP contribution in [0, 0.1) is 17.7 Å². The van der Waals surface area contributed by atoms with Crippen molar-refractivity contribution in [3.63, 3.8) is 0 Å². The summed E-state index contributed by atoms with van der Waals surface area (Å²) < 4.78 is 13.5. The number of rotatable bonds is 10. The molecule has 3 aliphatic rings. The third kappa shape index (κ3) is 6.54. The van der Waals surface area contributed by atoms with Crippen LogP contribution in [0.5, 0.6) is 0 Å². The van der Waals surface area contributed by atoms with Crippen molar-refractivity contribution in [1.29, 1.82) is 0 Å². The average molecular weight is 541 g/mol. The Morgan fingerprint density at radius 2 is 1.97 bits per heavy atom. The molecule has 1 aliphatic carbocycles. The molecule has 1 saturated heterocycles. The first-order chi connectivity index (χ1) is 18.5. The van der Waals surface area contributed by atoms with Crippen molar-refractivity contribution < 1.29 is 18.8 Å². The van der Waals surface area contributed by atoms with Gasteiger partial charge in [0.1, 0.15) is 11.9 Å². The lowest BCUT2D eigenvalue weighted by Gasteiger charge is -2.28. The van der Waals surface area contributed by atoms with E-state index < -0.39 is 12.0 Å². The number of likely N-dealkylation sites (tertiary alicyclic amines) is 1. The van der Waals surface area contributed by atoms with E-state index in [0.29, 0.717) is 38.5 Å². The van der Waals surface area contributed by atoms with Gasteiger partial charge in [-0.3, -0.25) is 14.4 Å². The van der Waals surface area contributed by atoms with Gasteiger partial charge in [0.25, 0.3) is 0 Å². The van der Waals surface area contributed by atoms with Gasteiger partial charge in [-0.15, -0.1) is 11.3 Å². The molecule has 1 saturated carbocycles. The van der Waals surface area contributed by atoms with Crippen molar-refractivity contribution in [1.82, 2.24) is 15.5 Å². The molecule has 1 aromatic carbocycles. The van der Waals surface area contributed by atoms with Gasteiger partial charge in [-0.05, 0) is 54.0 Å². The minimum absolute atomic E-state index is 0.0161. The van der Waals surface area contributed by atoms with Gasteiger partial charge in [0.2, 0.25) is 17.7 Å². The Hall–Kier alpha value is -2.94. The number of carbonyl (C=O) groups is 3. The van der Waals surface area contributed by atoms with E-state index in [1.54, 1.807) is 28.4 Å². The highest BCUT2D eigenvalue weighted by Gasteiger charge is 2.36. The Morgan fingerprint density at radius 1 is 1.13 bits per heavy atom. The number of halogens is 1. The quantitative estimate of drug-likeness (QED) is 0.480. The number of thiophene rings is 1. The molecule has 0 bridgehead atoms. The zero-order valence-corrected chi connectivity index (χ0v) is 22.6. The van der Waals surface area contributed by atoms with Gasteiger partial charge in [0, 0.05) is 43.2 Å². The van der Waals surface area contributed by atoms with Gasteiger partial charge in [0.05, 0.1) is 12.5 Å². The van der Waals surface area contributed by atoms with Crippen LogP contribution in [0.1, 0.15) is 55.4 Å². The molecular weight excluding hydrogens is 503 g/mol. The Morgan fingerprint density at radius 3 is 2.76 bits per heavy atom. The minimum Gasteiger partial charge on any atom is -0.369 e. The largest absolute Gasteiger partial charge is 0.369 e. The molecule has 3 amide bonds. The van der Waals surface area contributed by atoms with Crippen LogP contribution >= 0.6 is 11.3 Å². The summed E-state index contributed by atoms with van der Waals surface area (Å²) >= 11 is 1.60. The number of carbonyl (C=O) groups excluding carboxylic acids is 3. The van der Waals surface area contributed by atoms with Gasteiger partial charge in [-0.2, -0.15) is 0 Å². The normalized spacial score (nSPS) is 20.4. The fraction of sp³-hybridized carbons (Fsp3) is 0.552. The van der Waals surface area contributed by atoms with Gasteiger partial charge >= 0.3 is 0 Å². The van der Waals surface area contributed by atoms with Crippen LogP contribution in [0.15, 0.2) is 35.7 Å². The zero-order chi connectivity index (χ0) is 26.5. The van der Waals surface area contributed by atoms with E-state index in [-0.39, 0.29) is 30.0 Å². The first kappa shape index (κ1) is 26.7. The lowest BCUT2D eigenvalue weighted by atomic mass is 9.84. The van der Waals surface area contributed by atoms with Crippen LogP contribution < -0.4 is 15.5 Å². The second-order valence-electron chi connectivity index (χ2n) is 10.9. The Kier molecular flexibility index (Phi) is 8.61. The van der Waals surface area contributed by atoms with E-state index in [1.165, 1.54) is 12.5 Å². The first-order valence-corrected chi connectivity index (χ1v) is 14.8. The summed E-state index contributed by atoms with van der Waals surface area (Å²) in [7, 11) is 0. The van der Waals surface area contributed by atoms with Crippen LogP contribution in [0.4, 0.5) is 10.1 Å². The van der Waals surface area contributed by atoms with E-state index in [1.807, 2.05) is 17.5 Å². The van der Waals surface area contributed by atoms with Crippen LogP contribution in [-0.4, -0.2) is 54.8 Å². The van der Waals surface area contributed by atoms with Crippen molar-refractivity contribution in [2.45, 2.75) is 64.0 Å². The molecule has 3 heterocycles. The first-order valence-electron chi connectivity index (χ1n) is 13.9. The second kappa shape index (κ2) is 12.3. The number of anilines is 1. The number of nitrogens with one attached hydrogen (secondary N) is 2. The number of amides is 3. The molecule has 204 valence electrons. The molecule has 2 fully saturated rings. The summed E-state index contributed by atoms with van der Waals surface area (Å²) in [6.07, 6.45) is 7.32. The highest BCUT2D eigenvalue weighted by molar-refractivity contribution is 7.09. The summed E-state index contributed by atoms with van der Waals surface area (Å²) in [5.41, 5.74) is 2.02. The number of benzene rings is 1. The van der Waals surface area contributed by atoms with E-state index in [2.05, 4.69) is 15.5 Å². The lowest BCUT2D eigenvalue weighted by molar-refractivity contribution is -0.131. The predicted molar refractivity (Wildman–Crippen MR) is 146 cm³/mol. The van der Waals surface area contributed by atoms with Gasteiger partial charge in [0.15, 0.2) is 0 Å². The smallest absolute Gasteiger partial charge is 0.242 e. The molecule has 2 atom stereocenters. The molecule has 1 aromatic heterocycles. The third-order valence-electron chi connectivity index (χ3n) is 8.15. The number of hydrogen-bond donors (Lipinski definition) is 2. The molecule has 7 nitrogen and oxygen atoms in total. The van der Waals surface area contributed by atoms with E-state index >= 15 is 0 Å². The van der Waals surface area contributed by atoms with Crippen LogP contribution in [0.25, 0.3) is 0 Å². The summed E-state index contributed by atoms with van der Waals surface area (Å²) in [4.78, 5) is 44.1. The summed E-state index contributed by atoms with van der Waals surface area (Å²) in [6.45, 7) is 2.79. The predicted octanol–water partition coefficient (Wildman–Crippen LogP) is 3.87. The van der Waals surface area contributed by atoms with Crippen LogP contribution in [0.3, 0.4) is 0 Å². The highest BCUT2D eigenvalue weighted by Crippen LogP contribution is 2.29. The maximum absolute atomic E-state index is 13.5.